The molecule has 3 fully saturated rings. The van der Waals surface area contributed by atoms with Crippen molar-refractivity contribution in [2.24, 2.45) is 0 Å². The Bertz CT molecular complexity index is 636. The van der Waals surface area contributed by atoms with E-state index in [1.54, 1.807) is 0 Å². The van der Waals surface area contributed by atoms with Gasteiger partial charge in [-0.1, -0.05) is 37.8 Å². The van der Waals surface area contributed by atoms with E-state index in [2.05, 4.69) is 12.1 Å². The van der Waals surface area contributed by atoms with Crippen LogP contribution in [0.1, 0.15) is 112 Å². The average Bonchev–Trinajstić information content (AvgIpc) is 2.81. The molecule has 3 aliphatic carbocycles. The molecule has 166 valence electrons. The van der Waals surface area contributed by atoms with Crippen molar-refractivity contribution in [2.75, 3.05) is 6.79 Å². The molecule has 0 amide bonds. The third-order valence-corrected chi connectivity index (χ3v) is 7.28. The van der Waals surface area contributed by atoms with Crippen LogP contribution in [0.5, 0.6) is 0 Å². The zero-order chi connectivity index (χ0) is 20.6. The van der Waals surface area contributed by atoms with Crippen molar-refractivity contribution in [2.45, 2.75) is 114 Å². The summed E-state index contributed by atoms with van der Waals surface area (Å²) < 4.78 is 17.6. The Labute approximate surface area is 181 Å². The van der Waals surface area contributed by atoms with E-state index in [0.717, 1.165) is 38.5 Å². The Morgan fingerprint density at radius 2 is 1.20 bits per heavy atom. The second-order valence-corrected chi connectivity index (χ2v) is 9.47. The van der Waals surface area contributed by atoms with Gasteiger partial charge in [-0.3, -0.25) is 0 Å². The van der Waals surface area contributed by atoms with Gasteiger partial charge < -0.3 is 14.2 Å². The Kier molecular flexibility index (Phi) is 8.22. The fourth-order valence-corrected chi connectivity index (χ4v) is 5.32. The van der Waals surface area contributed by atoms with Gasteiger partial charge in [0.2, 0.25) is 0 Å². The molecular formula is C26H38O4. The minimum absolute atomic E-state index is 0.114. The first-order valence-corrected chi connectivity index (χ1v) is 12.3. The second-order valence-electron chi connectivity index (χ2n) is 9.47. The fraction of sp³-hybridized carbons (Fsp3) is 0.731. The van der Waals surface area contributed by atoms with Crippen LogP contribution < -0.4 is 0 Å². The van der Waals surface area contributed by atoms with Crippen LogP contribution in [0.2, 0.25) is 0 Å². The number of carbonyl (C=O) groups is 1. The highest BCUT2D eigenvalue weighted by molar-refractivity contribution is 5.89. The van der Waals surface area contributed by atoms with E-state index >= 15 is 0 Å². The Balaban J connectivity index is 1.17. The molecule has 4 nitrogen and oxygen atoms in total. The van der Waals surface area contributed by atoms with E-state index in [1.165, 1.54) is 56.9 Å². The summed E-state index contributed by atoms with van der Waals surface area (Å²) in [6, 6.07) is 8.13. The van der Waals surface area contributed by atoms with E-state index in [4.69, 9.17) is 14.2 Å². The number of benzene rings is 1. The molecule has 4 heteroatoms. The largest absolute Gasteiger partial charge is 0.459 e. The zero-order valence-electron chi connectivity index (χ0n) is 18.4. The van der Waals surface area contributed by atoms with Crippen molar-refractivity contribution in [1.82, 2.24) is 0 Å². The Hall–Kier alpha value is -1.39. The highest BCUT2D eigenvalue weighted by Crippen LogP contribution is 2.34. The topological polar surface area (TPSA) is 44.8 Å². The van der Waals surface area contributed by atoms with Crippen LogP contribution in [-0.2, 0) is 14.2 Å². The smallest absolute Gasteiger partial charge is 0.338 e. The zero-order valence-corrected chi connectivity index (χ0v) is 18.4. The van der Waals surface area contributed by atoms with E-state index in [-0.39, 0.29) is 12.1 Å². The summed E-state index contributed by atoms with van der Waals surface area (Å²) in [6.07, 6.45) is 17.3. The predicted octanol–water partition coefficient (Wildman–Crippen LogP) is 6.53. The molecule has 30 heavy (non-hydrogen) atoms. The van der Waals surface area contributed by atoms with Gasteiger partial charge in [0.05, 0.1) is 17.8 Å². The lowest BCUT2D eigenvalue weighted by Crippen LogP contribution is -2.25. The number of hydrogen-bond donors (Lipinski definition) is 0. The molecule has 0 spiro atoms. The highest BCUT2D eigenvalue weighted by atomic mass is 16.7. The van der Waals surface area contributed by atoms with Gasteiger partial charge in [-0.25, -0.2) is 4.79 Å². The first kappa shape index (κ1) is 21.8. The van der Waals surface area contributed by atoms with Crippen molar-refractivity contribution in [3.63, 3.8) is 0 Å². The summed E-state index contributed by atoms with van der Waals surface area (Å²) in [5, 5.41) is 0. The molecule has 0 radical (unpaired) electrons. The van der Waals surface area contributed by atoms with Crippen molar-refractivity contribution in [3.05, 3.63) is 35.4 Å². The van der Waals surface area contributed by atoms with Crippen molar-refractivity contribution < 1.29 is 19.0 Å². The Morgan fingerprint density at radius 3 is 1.80 bits per heavy atom. The van der Waals surface area contributed by atoms with Crippen molar-refractivity contribution in [3.8, 4) is 0 Å². The molecule has 0 N–H and O–H groups in total. The van der Waals surface area contributed by atoms with Crippen LogP contribution in [0.15, 0.2) is 24.3 Å². The van der Waals surface area contributed by atoms with Gasteiger partial charge in [0.1, 0.15) is 12.9 Å². The molecule has 3 aliphatic rings. The molecule has 0 atom stereocenters. The van der Waals surface area contributed by atoms with E-state index in [1.807, 2.05) is 12.1 Å². The van der Waals surface area contributed by atoms with Gasteiger partial charge >= 0.3 is 5.97 Å². The van der Waals surface area contributed by atoms with Crippen LogP contribution >= 0.6 is 0 Å². The lowest BCUT2D eigenvalue weighted by atomic mass is 9.82. The van der Waals surface area contributed by atoms with Crippen LogP contribution in [0.4, 0.5) is 0 Å². The van der Waals surface area contributed by atoms with Crippen molar-refractivity contribution in [1.29, 1.82) is 0 Å². The molecule has 3 saturated carbocycles. The first-order valence-electron chi connectivity index (χ1n) is 12.3. The summed E-state index contributed by atoms with van der Waals surface area (Å²) >= 11 is 0. The molecule has 4 rings (SSSR count). The first-order chi connectivity index (χ1) is 14.8. The molecule has 1 aromatic carbocycles. The minimum Gasteiger partial charge on any atom is -0.459 e. The molecule has 1 aromatic rings. The van der Waals surface area contributed by atoms with Gasteiger partial charge in [-0.15, -0.1) is 0 Å². The molecule has 0 bridgehead atoms. The standard InChI is InChI=1S/C26H38O4/c27-26(30-25-9-5-2-6-10-25)22-13-11-20(12-14-22)21-15-17-24(18-16-21)29-19-28-23-7-3-1-4-8-23/h11-14,21,23-25H,1-10,15-19H2. The number of carbonyl (C=O) groups excluding carboxylic acids is 1. The number of hydrogen-bond acceptors (Lipinski definition) is 4. The number of esters is 1. The van der Waals surface area contributed by atoms with Gasteiger partial charge in [-0.2, -0.15) is 0 Å². The minimum atomic E-state index is -0.163. The lowest BCUT2D eigenvalue weighted by molar-refractivity contribution is -0.131. The maximum atomic E-state index is 12.4. The number of ether oxygens (including phenoxy) is 3. The molecule has 0 heterocycles. The Morgan fingerprint density at radius 1 is 0.667 bits per heavy atom. The van der Waals surface area contributed by atoms with Gasteiger partial charge in [0, 0.05) is 0 Å². The third kappa shape index (κ3) is 6.31. The highest BCUT2D eigenvalue weighted by Gasteiger charge is 2.24. The molecular weight excluding hydrogens is 376 g/mol. The van der Waals surface area contributed by atoms with E-state index < -0.39 is 0 Å². The maximum absolute atomic E-state index is 12.4. The van der Waals surface area contributed by atoms with Gasteiger partial charge in [0.25, 0.3) is 0 Å². The summed E-state index contributed by atoms with van der Waals surface area (Å²) in [6.45, 7) is 0.456. The number of rotatable bonds is 7. The van der Waals surface area contributed by atoms with Crippen LogP contribution in [0.3, 0.4) is 0 Å². The predicted molar refractivity (Wildman–Crippen MR) is 118 cm³/mol. The molecule has 0 aliphatic heterocycles. The normalized spacial score (nSPS) is 26.4. The van der Waals surface area contributed by atoms with Crippen LogP contribution in [-0.4, -0.2) is 31.1 Å². The average molecular weight is 415 g/mol. The van der Waals surface area contributed by atoms with E-state index in [0.29, 0.717) is 30.5 Å². The van der Waals surface area contributed by atoms with E-state index in [9.17, 15) is 4.79 Å². The third-order valence-electron chi connectivity index (χ3n) is 7.28. The summed E-state index contributed by atoms with van der Waals surface area (Å²) in [5.74, 6) is 0.399. The molecule has 0 saturated heterocycles. The SMILES string of the molecule is O=C(OC1CCCCC1)c1ccc(C2CCC(OCOC3CCCCC3)CC2)cc1. The van der Waals surface area contributed by atoms with Crippen molar-refractivity contribution >= 4 is 5.97 Å². The van der Waals surface area contributed by atoms with Gasteiger partial charge in [-0.05, 0) is 87.8 Å². The van der Waals surface area contributed by atoms with Crippen LogP contribution in [0, 0.1) is 0 Å². The molecule has 0 aromatic heterocycles. The monoisotopic (exact) mass is 414 g/mol. The summed E-state index contributed by atoms with van der Waals surface area (Å²) in [5.41, 5.74) is 2.02. The summed E-state index contributed by atoms with van der Waals surface area (Å²) in [4.78, 5) is 12.4. The maximum Gasteiger partial charge on any atom is 0.338 e. The molecule has 0 unspecified atom stereocenters. The lowest BCUT2D eigenvalue weighted by Gasteiger charge is -2.30. The fourth-order valence-electron chi connectivity index (χ4n) is 5.32. The van der Waals surface area contributed by atoms with Crippen LogP contribution in [0.25, 0.3) is 0 Å². The van der Waals surface area contributed by atoms with Gasteiger partial charge in [0.15, 0.2) is 0 Å². The summed E-state index contributed by atoms with van der Waals surface area (Å²) in [7, 11) is 0. The second kappa shape index (κ2) is 11.3. The quantitative estimate of drug-likeness (QED) is 0.376.